The molecule has 1 aromatic carbocycles. The van der Waals surface area contributed by atoms with Crippen LogP contribution in [0.1, 0.15) is 26.3 Å². The summed E-state index contributed by atoms with van der Waals surface area (Å²) in [6, 6.07) is 8.29. The van der Waals surface area contributed by atoms with Gasteiger partial charge in [0.15, 0.2) is 0 Å². The van der Waals surface area contributed by atoms with E-state index >= 15 is 0 Å². The van der Waals surface area contributed by atoms with Crippen LogP contribution in [0.4, 0.5) is 0 Å². The second-order valence-corrected chi connectivity index (χ2v) is 7.71. The molecule has 0 unspecified atom stereocenters. The predicted octanol–water partition coefficient (Wildman–Crippen LogP) is 3.56. The highest BCUT2D eigenvalue weighted by Crippen LogP contribution is 2.46. The minimum atomic E-state index is -3.69. The van der Waals surface area contributed by atoms with E-state index in [1.165, 1.54) is 6.07 Å². The Labute approximate surface area is 124 Å². The van der Waals surface area contributed by atoms with Gasteiger partial charge >= 0.3 is 0 Å². The van der Waals surface area contributed by atoms with Crippen molar-refractivity contribution < 1.29 is 8.42 Å². The molecule has 0 fully saturated rings. The number of hydrogen-bond acceptors (Lipinski definition) is 3. The average molecular weight is 298 g/mol. The van der Waals surface area contributed by atoms with Gasteiger partial charge in [-0.3, -0.25) is 0 Å². The number of benzene rings is 1. The molecule has 0 spiro atoms. The summed E-state index contributed by atoms with van der Waals surface area (Å²) in [5.41, 5.74) is 0.0655. The van der Waals surface area contributed by atoms with Crippen molar-refractivity contribution in [3.8, 4) is 6.07 Å². The number of rotatable bonds is 0. The molecule has 0 N–H and O–H groups in total. The van der Waals surface area contributed by atoms with Gasteiger partial charge in [0, 0.05) is 5.57 Å². The molecule has 21 heavy (non-hydrogen) atoms. The van der Waals surface area contributed by atoms with Crippen molar-refractivity contribution in [1.29, 1.82) is 5.26 Å². The molecule has 1 aliphatic rings. The van der Waals surface area contributed by atoms with Crippen LogP contribution in [0.25, 0.3) is 10.4 Å². The molecule has 0 aliphatic carbocycles. The molecule has 0 aromatic heterocycles. The fraction of sp³-hybridized carbons (Fsp3) is 0.250. The van der Waals surface area contributed by atoms with E-state index < -0.39 is 15.3 Å². The monoisotopic (exact) mass is 298 g/mol. The molecular formula is C16H14N2O2S. The third-order valence-electron chi connectivity index (χ3n) is 3.00. The lowest BCUT2D eigenvalue weighted by molar-refractivity contribution is 0.541. The highest BCUT2D eigenvalue weighted by Gasteiger charge is 2.38. The highest BCUT2D eigenvalue weighted by molar-refractivity contribution is 7.96. The first-order chi connectivity index (χ1) is 9.72. The number of allylic oxidation sites excluding steroid dienone is 3. The van der Waals surface area contributed by atoms with Crippen LogP contribution in [-0.4, -0.2) is 8.42 Å². The van der Waals surface area contributed by atoms with Crippen molar-refractivity contribution >= 4 is 15.4 Å². The Morgan fingerprint density at radius 2 is 1.95 bits per heavy atom. The summed E-state index contributed by atoms with van der Waals surface area (Å²) in [5.74, 6) is 0. The number of hydrogen-bond donors (Lipinski definition) is 0. The summed E-state index contributed by atoms with van der Waals surface area (Å²) in [4.78, 5) is 3.41. The first-order valence-electron chi connectivity index (χ1n) is 6.32. The second-order valence-electron chi connectivity index (χ2n) is 5.82. The van der Waals surface area contributed by atoms with Gasteiger partial charge < -0.3 is 0 Å². The lowest BCUT2D eigenvalue weighted by atomic mass is 9.93. The lowest BCUT2D eigenvalue weighted by Crippen LogP contribution is -2.06. The first-order valence-corrected chi connectivity index (χ1v) is 7.80. The van der Waals surface area contributed by atoms with Crippen LogP contribution >= 0.6 is 0 Å². The molecular weight excluding hydrogens is 284 g/mol. The van der Waals surface area contributed by atoms with E-state index in [0.29, 0.717) is 5.56 Å². The van der Waals surface area contributed by atoms with Crippen molar-refractivity contribution in [1.82, 2.24) is 0 Å². The quantitative estimate of drug-likeness (QED) is 0.543. The largest absolute Gasteiger partial charge is 0.270 e. The summed E-state index contributed by atoms with van der Waals surface area (Å²) in [7, 11) is -3.69. The van der Waals surface area contributed by atoms with Gasteiger partial charge in [0.1, 0.15) is 0 Å². The van der Waals surface area contributed by atoms with E-state index in [0.717, 1.165) is 0 Å². The molecule has 0 bridgehead atoms. The average Bonchev–Trinajstić information content (AvgIpc) is 2.61. The van der Waals surface area contributed by atoms with Crippen molar-refractivity contribution in [2.75, 3.05) is 0 Å². The maximum Gasteiger partial charge on any atom is 0.270 e. The molecule has 2 rings (SSSR count). The lowest BCUT2D eigenvalue weighted by Gasteiger charge is -2.14. The van der Waals surface area contributed by atoms with Gasteiger partial charge in [0.2, 0.25) is 9.84 Å². The van der Waals surface area contributed by atoms with E-state index in [2.05, 4.69) is 4.85 Å². The third-order valence-corrected chi connectivity index (χ3v) is 4.84. The molecule has 1 aromatic rings. The Kier molecular flexibility index (Phi) is 3.49. The van der Waals surface area contributed by atoms with Crippen molar-refractivity contribution in [3.05, 3.63) is 57.9 Å². The highest BCUT2D eigenvalue weighted by atomic mass is 32.2. The Bertz CT molecular complexity index is 839. The molecule has 1 heterocycles. The van der Waals surface area contributed by atoms with Gasteiger partial charge in [-0.1, -0.05) is 45.0 Å². The normalized spacial score (nSPS) is 20.5. The molecule has 106 valence electrons. The van der Waals surface area contributed by atoms with Gasteiger partial charge in [-0.25, -0.2) is 18.5 Å². The maximum atomic E-state index is 12.7. The fourth-order valence-electron chi connectivity index (χ4n) is 2.22. The zero-order valence-electron chi connectivity index (χ0n) is 12.0. The molecule has 1 aliphatic heterocycles. The predicted molar refractivity (Wildman–Crippen MR) is 80.3 cm³/mol. The molecule has 0 atom stereocenters. The van der Waals surface area contributed by atoms with Crippen LogP contribution in [0.2, 0.25) is 0 Å². The maximum absolute atomic E-state index is 12.7. The molecule has 0 saturated heterocycles. The SMILES string of the molecule is [C-]#[N+]/C(C#N)=C1\C(=C\C(C)(C)C)S(=O)(=O)c2ccccc21. The van der Waals surface area contributed by atoms with Gasteiger partial charge in [-0.15, -0.1) is 0 Å². The smallest absolute Gasteiger partial charge is 0.226 e. The van der Waals surface area contributed by atoms with E-state index in [4.69, 9.17) is 11.8 Å². The van der Waals surface area contributed by atoms with E-state index in [-0.39, 0.29) is 21.1 Å². The van der Waals surface area contributed by atoms with Crippen LogP contribution in [0.3, 0.4) is 0 Å². The van der Waals surface area contributed by atoms with Crippen molar-refractivity contribution in [3.63, 3.8) is 0 Å². The van der Waals surface area contributed by atoms with E-state index in [1.54, 1.807) is 24.3 Å². The zero-order valence-corrected chi connectivity index (χ0v) is 12.8. The van der Waals surface area contributed by atoms with Crippen LogP contribution in [0, 0.1) is 23.3 Å². The summed E-state index contributed by atoms with van der Waals surface area (Å²) in [5, 5.41) is 9.15. The Morgan fingerprint density at radius 1 is 1.33 bits per heavy atom. The Morgan fingerprint density at radius 3 is 2.48 bits per heavy atom. The number of nitriles is 1. The van der Waals surface area contributed by atoms with E-state index in [9.17, 15) is 8.42 Å². The standard InChI is InChI=1S/C16H14N2O2S/c1-16(2,3)9-14-15(12(10-17)18-4)11-7-5-6-8-13(11)21(14,19)20/h5-9H,1-3H3/b14-9-,15-12-. The summed E-state index contributed by atoms with van der Waals surface area (Å²) < 4.78 is 25.4. The summed E-state index contributed by atoms with van der Waals surface area (Å²) >= 11 is 0. The topological polar surface area (TPSA) is 62.3 Å². The van der Waals surface area contributed by atoms with E-state index in [1.807, 2.05) is 26.8 Å². The molecule has 0 radical (unpaired) electrons. The van der Waals surface area contributed by atoms with Crippen LogP contribution in [0.5, 0.6) is 0 Å². The fourth-order valence-corrected chi connectivity index (χ4v) is 4.16. The van der Waals surface area contributed by atoms with Gasteiger partial charge in [-0.05, 0) is 17.0 Å². The molecule has 0 saturated carbocycles. The second kappa shape index (κ2) is 4.87. The first kappa shape index (κ1) is 15.0. The zero-order chi connectivity index (χ0) is 15.8. The Balaban J connectivity index is 2.97. The molecule has 0 amide bonds. The van der Waals surface area contributed by atoms with Crippen molar-refractivity contribution in [2.45, 2.75) is 25.7 Å². The van der Waals surface area contributed by atoms with Crippen molar-refractivity contribution in [2.24, 2.45) is 5.41 Å². The van der Waals surface area contributed by atoms with Gasteiger partial charge in [0.25, 0.3) is 5.70 Å². The third kappa shape index (κ3) is 2.49. The number of sulfone groups is 1. The number of nitrogens with zero attached hydrogens (tertiary/aromatic N) is 2. The Hall–Kier alpha value is -2.37. The van der Waals surface area contributed by atoms with Gasteiger partial charge in [0.05, 0.1) is 22.4 Å². The van der Waals surface area contributed by atoms with Crippen LogP contribution < -0.4 is 0 Å². The van der Waals surface area contributed by atoms with Gasteiger partial charge in [-0.2, -0.15) is 0 Å². The van der Waals surface area contributed by atoms with Crippen LogP contribution in [0.15, 0.2) is 45.8 Å². The minimum Gasteiger partial charge on any atom is -0.226 e. The number of fused-ring (bicyclic) bond motifs is 1. The molecule has 5 heteroatoms. The summed E-state index contributed by atoms with van der Waals surface area (Å²) in [6.45, 7) is 12.8. The van der Waals surface area contributed by atoms with Crippen LogP contribution in [-0.2, 0) is 9.84 Å². The molecule has 4 nitrogen and oxygen atoms in total. The minimum absolute atomic E-state index is 0.0590. The summed E-state index contributed by atoms with van der Waals surface area (Å²) in [6.07, 6.45) is 1.61.